The standard InChI is InChI=1S/C78H60O24/c79-73(43-1-13-49(14-2-43)85-31-55-37-91-55)97-67-25-61-62(26-68(67)98-74(80)44-3-15-50(16-4-44)86-32-56-38-92-56)64-28-70(100-76(82)46-7-19-52(20-8-46)88-34-58-40-94-58)72(102-78(84)48-11-23-54(24-12-48)90-36-60-42-96-60)30-66(64)65-29-71(101-77(83)47-9-21-53(22-10-47)89-35-59-41-95-59)69(27-63(61)65)99-75(81)45-5-17-51(18-6-45)87-33-57-39-93-57/h1-30,55-60H,31-42H2. The summed E-state index contributed by atoms with van der Waals surface area (Å²) < 4.78 is 105. The lowest BCUT2D eigenvalue weighted by molar-refractivity contribution is 0.0682. The van der Waals surface area contributed by atoms with Crippen molar-refractivity contribution in [1.82, 2.24) is 0 Å². The SMILES string of the molecule is O=C(Oc1cc2c3cc(OC(=O)c4ccc(OCC5CO5)cc4)c(OC(=O)c4ccc(OCC5CO5)cc4)cc3c3cc(OC(=O)c4ccc(OCC5CO5)cc4)c(OC(=O)c4ccc(OCC5CO5)cc4)cc3c2cc1OC(=O)c1ccc(OCC2CO2)cc1)c1ccc(OCC2CO2)cc1. The van der Waals surface area contributed by atoms with Gasteiger partial charge in [0.05, 0.1) is 73.0 Å². The smallest absolute Gasteiger partial charge is 0.343 e. The summed E-state index contributed by atoms with van der Waals surface area (Å²) in [6.45, 7) is 5.34. The zero-order chi connectivity index (χ0) is 69.2. The molecule has 0 amide bonds. The monoisotopic (exact) mass is 1380 g/mol. The van der Waals surface area contributed by atoms with E-state index in [-0.39, 0.29) is 137 Å². The van der Waals surface area contributed by atoms with Crippen LogP contribution in [0.25, 0.3) is 32.3 Å². The number of hydrogen-bond donors (Lipinski definition) is 0. The van der Waals surface area contributed by atoms with Crippen molar-refractivity contribution in [1.29, 1.82) is 0 Å². The first kappa shape index (κ1) is 65.0. The minimum Gasteiger partial charge on any atom is -0.491 e. The normalized spacial score (nSPS) is 18.6. The summed E-state index contributed by atoms with van der Waals surface area (Å²) in [6.07, 6.45) is -0.180. The lowest BCUT2D eigenvalue weighted by Gasteiger charge is -2.19. The van der Waals surface area contributed by atoms with Crippen molar-refractivity contribution in [2.45, 2.75) is 36.6 Å². The van der Waals surface area contributed by atoms with E-state index >= 15 is 0 Å². The lowest BCUT2D eigenvalue weighted by atomic mass is 9.93. The van der Waals surface area contributed by atoms with Crippen molar-refractivity contribution in [2.24, 2.45) is 0 Å². The van der Waals surface area contributed by atoms with Gasteiger partial charge in [-0.15, -0.1) is 0 Å². The second-order valence-electron chi connectivity index (χ2n) is 24.6. The van der Waals surface area contributed by atoms with Crippen molar-refractivity contribution in [3.8, 4) is 69.0 Å². The van der Waals surface area contributed by atoms with E-state index < -0.39 is 35.8 Å². The van der Waals surface area contributed by atoms with Gasteiger partial charge in [0.1, 0.15) is 111 Å². The van der Waals surface area contributed by atoms with Crippen LogP contribution in [0.1, 0.15) is 62.1 Å². The minimum atomic E-state index is -0.875. The molecule has 6 unspecified atom stereocenters. The summed E-state index contributed by atoms with van der Waals surface area (Å²) in [5, 5.41) is 1.42. The molecule has 6 heterocycles. The Morgan fingerprint density at radius 3 is 0.471 bits per heavy atom. The lowest BCUT2D eigenvalue weighted by Crippen LogP contribution is -2.14. The van der Waals surface area contributed by atoms with Gasteiger partial charge in [-0.05, 0) is 214 Å². The Labute approximate surface area is 580 Å². The third kappa shape index (κ3) is 16.1. The van der Waals surface area contributed by atoms with Gasteiger partial charge in [-0.3, -0.25) is 0 Å². The Bertz CT molecular complexity index is 4020. The molecule has 10 aromatic rings. The predicted molar refractivity (Wildman–Crippen MR) is 359 cm³/mol. The van der Waals surface area contributed by atoms with Gasteiger partial charge in [-0.25, -0.2) is 28.8 Å². The van der Waals surface area contributed by atoms with Gasteiger partial charge in [-0.1, -0.05) is 0 Å². The number of esters is 6. The molecule has 6 aliphatic rings. The molecule has 0 saturated carbocycles. The third-order valence-corrected chi connectivity index (χ3v) is 16.9. The van der Waals surface area contributed by atoms with E-state index in [2.05, 4.69) is 0 Å². The molecule has 516 valence electrons. The average Bonchev–Trinajstić information content (AvgIpc) is 1.28. The molecule has 0 spiro atoms. The first-order chi connectivity index (χ1) is 49.9. The number of carbonyl (C=O) groups excluding carboxylic acids is 6. The van der Waals surface area contributed by atoms with Crippen LogP contribution in [0.2, 0.25) is 0 Å². The van der Waals surface area contributed by atoms with Crippen LogP contribution in [0, 0.1) is 0 Å². The highest BCUT2D eigenvalue weighted by Gasteiger charge is 2.31. The highest BCUT2D eigenvalue weighted by Crippen LogP contribution is 2.48. The van der Waals surface area contributed by atoms with E-state index in [1.165, 1.54) is 109 Å². The maximum atomic E-state index is 14.6. The topological polar surface area (TPSA) is 288 Å². The van der Waals surface area contributed by atoms with Crippen molar-refractivity contribution < 1.29 is 114 Å². The second kappa shape index (κ2) is 28.5. The van der Waals surface area contributed by atoms with Gasteiger partial charge >= 0.3 is 35.8 Å². The summed E-state index contributed by atoms with van der Waals surface area (Å²) in [6, 6.07) is 46.0. The third-order valence-electron chi connectivity index (χ3n) is 16.9. The van der Waals surface area contributed by atoms with E-state index in [0.29, 0.717) is 114 Å². The first-order valence-corrected chi connectivity index (χ1v) is 32.8. The molecule has 102 heavy (non-hydrogen) atoms. The minimum absolute atomic E-state index is 0.0300. The van der Waals surface area contributed by atoms with Gasteiger partial charge in [0.25, 0.3) is 0 Å². The molecule has 16 rings (SSSR count). The molecule has 24 heteroatoms. The van der Waals surface area contributed by atoms with Gasteiger partial charge in [0.2, 0.25) is 0 Å². The van der Waals surface area contributed by atoms with Gasteiger partial charge in [0.15, 0.2) is 34.5 Å². The first-order valence-electron chi connectivity index (χ1n) is 32.8. The van der Waals surface area contributed by atoms with Crippen LogP contribution in [0.4, 0.5) is 0 Å². The number of fused-ring (bicyclic) bond motifs is 6. The second-order valence-corrected chi connectivity index (χ2v) is 24.6. The van der Waals surface area contributed by atoms with Crippen molar-refractivity contribution >= 4 is 68.1 Å². The van der Waals surface area contributed by atoms with Crippen LogP contribution < -0.4 is 56.8 Å². The van der Waals surface area contributed by atoms with E-state index in [1.807, 2.05) is 0 Å². The molecule has 0 aromatic heterocycles. The van der Waals surface area contributed by atoms with Gasteiger partial charge in [-0.2, -0.15) is 0 Å². The molecule has 0 bridgehead atoms. The zero-order valence-electron chi connectivity index (χ0n) is 54.1. The van der Waals surface area contributed by atoms with E-state index in [4.69, 9.17) is 85.3 Å². The molecule has 24 nitrogen and oxygen atoms in total. The van der Waals surface area contributed by atoms with Crippen LogP contribution >= 0.6 is 0 Å². The maximum absolute atomic E-state index is 14.6. The molecular weight excluding hydrogens is 1320 g/mol. The number of hydrogen-bond acceptors (Lipinski definition) is 24. The number of benzene rings is 10. The molecule has 0 N–H and O–H groups in total. The van der Waals surface area contributed by atoms with Crippen LogP contribution in [-0.2, 0) is 28.4 Å². The highest BCUT2D eigenvalue weighted by molar-refractivity contribution is 6.27. The molecular formula is C78H60O24. The Hall–Kier alpha value is -11.6. The number of epoxide rings is 6. The number of carbonyl (C=O) groups is 6. The van der Waals surface area contributed by atoms with Crippen LogP contribution in [-0.4, -0.2) is 152 Å². The number of ether oxygens (including phenoxy) is 18. The molecule has 6 atom stereocenters. The Kier molecular flexibility index (Phi) is 18.2. The molecule has 0 radical (unpaired) electrons. The Balaban J connectivity index is 0.856. The van der Waals surface area contributed by atoms with Crippen molar-refractivity contribution in [3.63, 3.8) is 0 Å². The Morgan fingerprint density at radius 2 is 0.353 bits per heavy atom. The maximum Gasteiger partial charge on any atom is 0.343 e. The summed E-state index contributed by atoms with van der Waals surface area (Å²) in [7, 11) is 0. The number of rotatable bonds is 30. The van der Waals surface area contributed by atoms with Crippen molar-refractivity contribution in [2.75, 3.05) is 79.3 Å². The highest BCUT2D eigenvalue weighted by atomic mass is 16.6. The molecule has 0 aliphatic carbocycles. The van der Waals surface area contributed by atoms with Gasteiger partial charge in [0, 0.05) is 0 Å². The van der Waals surface area contributed by atoms with E-state index in [1.54, 1.807) is 72.8 Å². The fraction of sp³-hybridized carbons (Fsp3) is 0.231. The predicted octanol–water partition coefficient (Wildman–Crippen LogP) is 11.1. The molecule has 6 aliphatic heterocycles. The fourth-order valence-corrected chi connectivity index (χ4v) is 10.7. The van der Waals surface area contributed by atoms with Crippen LogP contribution in [0.3, 0.4) is 0 Å². The van der Waals surface area contributed by atoms with Crippen LogP contribution in [0.15, 0.2) is 182 Å². The fourth-order valence-electron chi connectivity index (χ4n) is 10.7. The Morgan fingerprint density at radius 1 is 0.225 bits per heavy atom. The molecule has 10 aromatic carbocycles. The molecule has 6 saturated heterocycles. The molecule has 6 fully saturated rings. The van der Waals surface area contributed by atoms with E-state index in [9.17, 15) is 28.8 Å². The summed E-state index contributed by atoms with van der Waals surface area (Å²) in [5.74, 6) is -4.07. The average molecular weight is 1380 g/mol. The quantitative estimate of drug-likeness (QED) is 0.0175. The zero-order valence-corrected chi connectivity index (χ0v) is 54.1. The van der Waals surface area contributed by atoms with Crippen LogP contribution in [0.5, 0.6) is 69.0 Å². The van der Waals surface area contributed by atoms with Crippen molar-refractivity contribution in [3.05, 3.63) is 215 Å². The van der Waals surface area contributed by atoms with E-state index in [0.717, 1.165) is 0 Å². The summed E-state index contributed by atoms with van der Waals surface area (Å²) in [5.41, 5.74) is 0.509. The summed E-state index contributed by atoms with van der Waals surface area (Å²) in [4.78, 5) is 87.4. The largest absolute Gasteiger partial charge is 0.491 e. The summed E-state index contributed by atoms with van der Waals surface area (Å²) >= 11 is 0. The van der Waals surface area contributed by atoms with Gasteiger partial charge < -0.3 is 85.3 Å².